The first kappa shape index (κ1) is 17.2. The highest BCUT2D eigenvalue weighted by Crippen LogP contribution is 2.47. The highest BCUT2D eigenvalue weighted by Gasteiger charge is 2.36. The molecule has 2 aromatic rings. The Balaban J connectivity index is 1.79. The van der Waals surface area contributed by atoms with Crippen LogP contribution >= 0.6 is 23.4 Å². The monoisotopic (exact) mass is 361 g/mol. The second-order valence-corrected chi connectivity index (χ2v) is 7.94. The Hall–Kier alpha value is -1.65. The Morgan fingerprint density at radius 3 is 2.25 bits per heavy atom. The van der Waals surface area contributed by atoms with Crippen LogP contribution in [0.25, 0.3) is 0 Å². The van der Waals surface area contributed by atoms with Crippen LogP contribution in [0, 0.1) is 0 Å². The number of halogens is 1. The summed E-state index contributed by atoms with van der Waals surface area (Å²) >= 11 is 7.73. The Morgan fingerprint density at radius 1 is 1.08 bits per heavy atom. The zero-order chi connectivity index (χ0) is 17.0. The molecule has 1 heterocycles. The molecule has 0 spiro atoms. The summed E-state index contributed by atoms with van der Waals surface area (Å²) < 4.78 is 5.64. The first-order valence-electron chi connectivity index (χ1n) is 8.04. The van der Waals surface area contributed by atoms with Gasteiger partial charge in [-0.05, 0) is 60.6 Å². The van der Waals surface area contributed by atoms with E-state index in [1.165, 1.54) is 6.42 Å². The molecule has 24 heavy (non-hydrogen) atoms. The molecule has 1 aliphatic heterocycles. The van der Waals surface area contributed by atoms with E-state index in [0.717, 1.165) is 35.7 Å². The molecule has 3 nitrogen and oxygen atoms in total. The number of hydrogen-bond acceptors (Lipinski definition) is 3. The van der Waals surface area contributed by atoms with E-state index in [4.69, 9.17) is 22.1 Å². The average molecular weight is 362 g/mol. The Bertz CT molecular complexity index is 694. The van der Waals surface area contributed by atoms with Crippen LogP contribution in [0.2, 0.25) is 5.02 Å². The molecular weight excluding hydrogens is 342 g/mol. The average Bonchev–Trinajstić information content (AvgIpc) is 2.58. The minimum atomic E-state index is -0.245. The number of thioether (sulfide) groups is 1. The van der Waals surface area contributed by atoms with E-state index >= 15 is 0 Å². The second kappa shape index (κ2) is 7.49. The lowest BCUT2D eigenvalue weighted by Gasteiger charge is -2.36. The maximum atomic E-state index is 11.6. The van der Waals surface area contributed by atoms with Crippen LogP contribution < -0.4 is 10.5 Å². The molecule has 126 valence electrons. The molecule has 2 aromatic carbocycles. The number of benzene rings is 2. The molecule has 1 unspecified atom stereocenters. The predicted molar refractivity (Wildman–Crippen MR) is 99.8 cm³/mol. The molecule has 1 aliphatic rings. The largest absolute Gasteiger partial charge is 0.457 e. The quantitative estimate of drug-likeness (QED) is 0.804. The zero-order valence-electron chi connectivity index (χ0n) is 13.3. The van der Waals surface area contributed by atoms with Crippen LogP contribution in [0.5, 0.6) is 11.5 Å². The summed E-state index contributed by atoms with van der Waals surface area (Å²) in [6, 6.07) is 15.3. The normalized spacial score (nSPS) is 20.5. The van der Waals surface area contributed by atoms with Gasteiger partial charge in [0.05, 0.1) is 0 Å². The molecule has 1 saturated heterocycles. The van der Waals surface area contributed by atoms with Gasteiger partial charge in [-0.3, -0.25) is 4.79 Å². The van der Waals surface area contributed by atoms with Gasteiger partial charge in [-0.15, -0.1) is 11.8 Å². The fraction of sp³-hybridized carbons (Fsp3) is 0.316. The lowest BCUT2D eigenvalue weighted by atomic mass is 9.88. The lowest BCUT2D eigenvalue weighted by molar-refractivity contribution is -0.118. The Morgan fingerprint density at radius 2 is 1.71 bits per heavy atom. The summed E-state index contributed by atoms with van der Waals surface area (Å²) in [5.41, 5.74) is 6.65. The fourth-order valence-electron chi connectivity index (χ4n) is 3.07. The van der Waals surface area contributed by atoms with Gasteiger partial charge in [0.25, 0.3) is 0 Å². The van der Waals surface area contributed by atoms with E-state index in [0.29, 0.717) is 11.4 Å². The molecule has 1 amide bonds. The van der Waals surface area contributed by atoms with Crippen molar-refractivity contribution in [3.63, 3.8) is 0 Å². The standard InChI is InChI=1S/C19H20ClNO2S/c20-15-5-9-17(10-6-15)23-16-7-3-14(4-8-16)19(13-18(21)22)11-1-2-12-24-19/h3-10H,1-2,11-13H2,(H2,21,22). The third-order valence-corrected chi connectivity index (χ3v) is 6.12. The molecule has 0 aliphatic carbocycles. The van der Waals surface area contributed by atoms with Gasteiger partial charge in [-0.1, -0.05) is 30.2 Å². The van der Waals surface area contributed by atoms with Crippen molar-refractivity contribution in [1.29, 1.82) is 0 Å². The van der Waals surface area contributed by atoms with Gasteiger partial charge in [0.1, 0.15) is 11.5 Å². The molecule has 0 radical (unpaired) electrons. The molecule has 0 saturated carbocycles. The first-order chi connectivity index (χ1) is 11.6. The second-order valence-electron chi connectivity index (χ2n) is 6.02. The number of primary amides is 1. The van der Waals surface area contributed by atoms with Gasteiger partial charge in [0, 0.05) is 16.2 Å². The SMILES string of the molecule is NC(=O)CC1(c2ccc(Oc3ccc(Cl)cc3)cc2)CCCCS1. The number of rotatable bonds is 5. The van der Waals surface area contributed by atoms with Crippen molar-refractivity contribution in [2.24, 2.45) is 5.73 Å². The van der Waals surface area contributed by atoms with Crippen LogP contribution in [0.15, 0.2) is 48.5 Å². The smallest absolute Gasteiger partial charge is 0.219 e. The third-order valence-electron chi connectivity index (χ3n) is 4.24. The van der Waals surface area contributed by atoms with E-state index in [-0.39, 0.29) is 10.7 Å². The van der Waals surface area contributed by atoms with Crippen molar-refractivity contribution >= 4 is 29.3 Å². The summed E-state index contributed by atoms with van der Waals surface area (Å²) in [7, 11) is 0. The summed E-state index contributed by atoms with van der Waals surface area (Å²) in [4.78, 5) is 11.6. The van der Waals surface area contributed by atoms with Crippen molar-refractivity contribution in [1.82, 2.24) is 0 Å². The van der Waals surface area contributed by atoms with E-state index < -0.39 is 0 Å². The number of carbonyl (C=O) groups excluding carboxylic acids is 1. The van der Waals surface area contributed by atoms with Gasteiger partial charge < -0.3 is 10.5 Å². The summed E-state index contributed by atoms with van der Waals surface area (Å²) in [5, 5.41) is 0.681. The molecule has 1 fully saturated rings. The number of hydrogen-bond donors (Lipinski definition) is 1. The van der Waals surface area contributed by atoms with Crippen LogP contribution in [0.4, 0.5) is 0 Å². The van der Waals surface area contributed by atoms with Gasteiger partial charge in [0.2, 0.25) is 5.91 Å². The summed E-state index contributed by atoms with van der Waals surface area (Å²) in [5.74, 6) is 2.32. The lowest BCUT2D eigenvalue weighted by Crippen LogP contribution is -2.31. The van der Waals surface area contributed by atoms with Crippen LogP contribution in [0.1, 0.15) is 31.2 Å². The molecule has 5 heteroatoms. The highest BCUT2D eigenvalue weighted by molar-refractivity contribution is 8.00. The van der Waals surface area contributed by atoms with Crippen molar-refractivity contribution in [3.8, 4) is 11.5 Å². The van der Waals surface area contributed by atoms with Crippen molar-refractivity contribution in [2.45, 2.75) is 30.4 Å². The van der Waals surface area contributed by atoms with Crippen LogP contribution in [-0.2, 0) is 9.54 Å². The van der Waals surface area contributed by atoms with E-state index in [2.05, 4.69) is 0 Å². The molecule has 2 N–H and O–H groups in total. The molecule has 0 aromatic heterocycles. The fourth-order valence-corrected chi connectivity index (χ4v) is 4.77. The van der Waals surface area contributed by atoms with Crippen molar-refractivity contribution < 1.29 is 9.53 Å². The Labute approximate surface area is 151 Å². The van der Waals surface area contributed by atoms with Crippen molar-refractivity contribution in [3.05, 3.63) is 59.1 Å². The van der Waals surface area contributed by atoms with Crippen molar-refractivity contribution in [2.75, 3.05) is 5.75 Å². The topological polar surface area (TPSA) is 52.3 Å². The van der Waals surface area contributed by atoms with Crippen LogP contribution in [0.3, 0.4) is 0 Å². The highest BCUT2D eigenvalue weighted by atomic mass is 35.5. The molecule has 3 rings (SSSR count). The van der Waals surface area contributed by atoms with E-state index in [1.54, 1.807) is 12.1 Å². The maximum Gasteiger partial charge on any atom is 0.219 e. The molecular formula is C19H20ClNO2S. The van der Waals surface area contributed by atoms with Crippen LogP contribution in [-0.4, -0.2) is 11.7 Å². The minimum absolute atomic E-state index is 0.192. The molecule has 1 atom stereocenters. The minimum Gasteiger partial charge on any atom is -0.457 e. The molecule has 0 bridgehead atoms. The van der Waals surface area contributed by atoms with E-state index in [1.807, 2.05) is 48.2 Å². The Kier molecular flexibility index (Phi) is 5.36. The summed E-state index contributed by atoms with van der Waals surface area (Å²) in [6.07, 6.45) is 3.69. The zero-order valence-corrected chi connectivity index (χ0v) is 14.9. The number of amides is 1. The summed E-state index contributed by atoms with van der Waals surface area (Å²) in [6.45, 7) is 0. The first-order valence-corrected chi connectivity index (χ1v) is 9.40. The van der Waals surface area contributed by atoms with Gasteiger partial charge in [0.15, 0.2) is 0 Å². The predicted octanol–water partition coefficient (Wildman–Crippen LogP) is 5.12. The third kappa shape index (κ3) is 4.05. The number of nitrogens with two attached hydrogens (primary N) is 1. The van der Waals surface area contributed by atoms with E-state index in [9.17, 15) is 4.79 Å². The van der Waals surface area contributed by atoms with Gasteiger partial charge >= 0.3 is 0 Å². The maximum absolute atomic E-state index is 11.6. The van der Waals surface area contributed by atoms with Gasteiger partial charge in [-0.25, -0.2) is 0 Å². The number of carbonyl (C=O) groups is 1. The number of ether oxygens (including phenoxy) is 1. The van der Waals surface area contributed by atoms with Gasteiger partial charge in [-0.2, -0.15) is 0 Å².